The molecule has 0 N–H and O–H groups in total. The third-order valence-corrected chi connectivity index (χ3v) is 7.40. The van der Waals surface area contributed by atoms with Crippen molar-refractivity contribution in [2.24, 2.45) is 23.7 Å². The van der Waals surface area contributed by atoms with Gasteiger partial charge in [-0.15, -0.1) is 0 Å². The van der Waals surface area contributed by atoms with Crippen LogP contribution in [0.4, 0.5) is 26.3 Å². The van der Waals surface area contributed by atoms with E-state index in [1.54, 1.807) is 0 Å². The van der Waals surface area contributed by atoms with E-state index < -0.39 is 36.4 Å². The van der Waals surface area contributed by atoms with Crippen LogP contribution in [0.2, 0.25) is 0 Å². The number of alkyl halides is 7. The summed E-state index contributed by atoms with van der Waals surface area (Å²) in [6.45, 7) is 4.44. The largest absolute Gasteiger partial charge is 0.426 e. The van der Waals surface area contributed by atoms with Gasteiger partial charge in [0.2, 0.25) is 0 Å². The topological polar surface area (TPSA) is 9.23 Å². The summed E-state index contributed by atoms with van der Waals surface area (Å²) in [7, 11) is 0. The monoisotopic (exact) mass is 458 g/mol. The van der Waals surface area contributed by atoms with Crippen molar-refractivity contribution in [2.45, 2.75) is 68.0 Å². The van der Waals surface area contributed by atoms with Gasteiger partial charge in [0.15, 0.2) is 0 Å². The Morgan fingerprint density at radius 3 is 1.91 bits per heavy atom. The summed E-state index contributed by atoms with van der Waals surface area (Å²) in [5, 5.41) is 0. The van der Waals surface area contributed by atoms with Gasteiger partial charge in [0.05, 0.1) is 6.10 Å². The van der Waals surface area contributed by atoms with Gasteiger partial charge in [-0.1, -0.05) is 29.5 Å². The summed E-state index contributed by atoms with van der Waals surface area (Å²) < 4.78 is 85.4. The van der Waals surface area contributed by atoms with Crippen LogP contribution in [-0.2, 0) is 4.74 Å². The molecule has 2 aliphatic carbocycles. The predicted octanol–water partition coefficient (Wildman–Crippen LogP) is 5.76. The molecule has 2 rings (SSSR count). The summed E-state index contributed by atoms with van der Waals surface area (Å²) in [4.78, 5) is 0. The molecular weight excluding hydrogens is 437 g/mol. The van der Waals surface area contributed by atoms with Gasteiger partial charge in [0.1, 0.15) is 0 Å². The zero-order valence-electron chi connectivity index (χ0n) is 13.1. The lowest BCUT2D eigenvalue weighted by atomic mass is 9.76. The molecule has 0 radical (unpaired) electrons. The van der Waals surface area contributed by atoms with Crippen molar-refractivity contribution in [3.8, 4) is 0 Å². The summed E-state index contributed by atoms with van der Waals surface area (Å²) >= 11 is 2.18. The highest BCUT2D eigenvalue weighted by Crippen LogP contribution is 2.60. The van der Waals surface area contributed by atoms with E-state index in [4.69, 9.17) is 0 Å². The van der Waals surface area contributed by atoms with Crippen LogP contribution in [0.3, 0.4) is 0 Å². The summed E-state index contributed by atoms with van der Waals surface area (Å²) in [6, 6.07) is 0. The van der Waals surface area contributed by atoms with E-state index in [2.05, 4.69) is 27.3 Å². The van der Waals surface area contributed by atoms with Crippen molar-refractivity contribution in [1.29, 1.82) is 0 Å². The summed E-state index contributed by atoms with van der Waals surface area (Å²) in [5.41, 5.74) is -4.07. The Balaban J connectivity index is 2.32. The second kappa shape index (κ2) is 6.21. The van der Waals surface area contributed by atoms with Crippen LogP contribution in [0, 0.1) is 23.7 Å². The van der Waals surface area contributed by atoms with Gasteiger partial charge in [-0.3, -0.25) is 0 Å². The minimum absolute atomic E-state index is 0.0876. The number of hydrogen-bond donors (Lipinski definition) is 0. The minimum Gasteiger partial charge on any atom is -0.355 e. The summed E-state index contributed by atoms with van der Waals surface area (Å²) in [6.07, 6.45) is -12.0. The van der Waals surface area contributed by atoms with Gasteiger partial charge in [-0.05, 0) is 56.8 Å². The maximum atomic E-state index is 13.5. The second-order valence-corrected chi connectivity index (χ2v) is 8.59. The average molecular weight is 458 g/mol. The molecule has 2 aliphatic rings. The van der Waals surface area contributed by atoms with E-state index in [1.165, 1.54) is 13.8 Å². The molecule has 0 saturated heterocycles. The van der Waals surface area contributed by atoms with Gasteiger partial charge in [0, 0.05) is 3.92 Å². The predicted molar refractivity (Wildman–Crippen MR) is 82.4 cm³/mol. The van der Waals surface area contributed by atoms with Crippen LogP contribution in [-0.4, -0.2) is 28.0 Å². The van der Waals surface area contributed by atoms with Crippen LogP contribution < -0.4 is 0 Å². The first-order valence-electron chi connectivity index (χ1n) is 7.75. The van der Waals surface area contributed by atoms with Crippen LogP contribution in [0.15, 0.2) is 0 Å². The first kappa shape index (κ1) is 19.6. The van der Waals surface area contributed by atoms with Gasteiger partial charge in [-0.2, -0.15) is 26.3 Å². The zero-order chi connectivity index (χ0) is 17.8. The Labute approximate surface area is 145 Å². The first-order valence-corrected chi connectivity index (χ1v) is 9.00. The van der Waals surface area contributed by atoms with Gasteiger partial charge < -0.3 is 4.74 Å². The number of rotatable bonds is 4. The van der Waals surface area contributed by atoms with E-state index in [0.717, 1.165) is 6.42 Å². The van der Waals surface area contributed by atoms with Crippen molar-refractivity contribution in [2.75, 3.05) is 0 Å². The van der Waals surface area contributed by atoms with Crippen molar-refractivity contribution in [3.05, 3.63) is 0 Å². The molecule has 5 unspecified atom stereocenters. The SMILES string of the molecule is CC(C)OC(CC1CC2CC1C(I)C2C)(C(F)(F)F)C(F)(F)F. The molecule has 5 atom stereocenters. The molecule has 0 heterocycles. The fourth-order valence-corrected chi connectivity index (χ4v) is 5.72. The summed E-state index contributed by atoms with van der Waals surface area (Å²) in [5.74, 6) is -0.102. The molecule has 2 bridgehead atoms. The first-order chi connectivity index (χ1) is 10.3. The smallest absolute Gasteiger partial charge is 0.355 e. The molecule has 0 aromatic heterocycles. The number of halogens is 7. The van der Waals surface area contributed by atoms with Crippen LogP contribution in [0.1, 0.15) is 40.0 Å². The molecule has 0 amide bonds. The highest BCUT2D eigenvalue weighted by Gasteiger charge is 2.73. The highest BCUT2D eigenvalue weighted by atomic mass is 127. The maximum Gasteiger partial charge on any atom is 0.426 e. The molecule has 8 heteroatoms. The number of hydrogen-bond acceptors (Lipinski definition) is 1. The van der Waals surface area contributed by atoms with Crippen molar-refractivity contribution in [1.82, 2.24) is 0 Å². The van der Waals surface area contributed by atoms with Gasteiger partial charge in [-0.25, -0.2) is 0 Å². The Hall–Kier alpha value is 0.270. The van der Waals surface area contributed by atoms with Gasteiger partial charge >= 0.3 is 12.4 Å². The molecule has 136 valence electrons. The quantitative estimate of drug-likeness (QED) is 0.296. The van der Waals surface area contributed by atoms with Crippen LogP contribution in [0.25, 0.3) is 0 Å². The number of fused-ring (bicyclic) bond motifs is 2. The third kappa shape index (κ3) is 3.35. The van der Waals surface area contributed by atoms with Gasteiger partial charge in [0.25, 0.3) is 5.60 Å². The van der Waals surface area contributed by atoms with E-state index >= 15 is 0 Å². The molecular formula is C15H21F6IO. The zero-order valence-corrected chi connectivity index (χ0v) is 15.3. The van der Waals surface area contributed by atoms with E-state index in [9.17, 15) is 26.3 Å². The average Bonchev–Trinajstić information content (AvgIpc) is 2.86. The van der Waals surface area contributed by atoms with Crippen molar-refractivity contribution < 1.29 is 31.1 Å². The lowest BCUT2D eigenvalue weighted by Crippen LogP contribution is -2.61. The Bertz CT molecular complexity index is 417. The standard InChI is InChI=1S/C15H21F6IO/c1-7(2)23-13(14(16,17)18,15(19,20)21)6-10-4-9-5-11(10)12(22)8(9)3/h7-12H,4-6H2,1-3H3. The van der Waals surface area contributed by atoms with E-state index in [1.807, 2.05) is 6.92 Å². The van der Waals surface area contributed by atoms with E-state index in [-0.39, 0.29) is 15.8 Å². The van der Waals surface area contributed by atoms with E-state index in [0.29, 0.717) is 12.3 Å². The lowest BCUT2D eigenvalue weighted by Gasteiger charge is -2.42. The fourth-order valence-electron chi connectivity index (χ4n) is 4.25. The third-order valence-electron chi connectivity index (χ3n) is 5.34. The molecule has 1 nitrogen and oxygen atoms in total. The minimum atomic E-state index is -5.48. The molecule has 0 aromatic carbocycles. The maximum absolute atomic E-state index is 13.5. The Morgan fingerprint density at radius 1 is 1.04 bits per heavy atom. The molecule has 0 aromatic rings. The fraction of sp³-hybridized carbons (Fsp3) is 1.00. The highest BCUT2D eigenvalue weighted by molar-refractivity contribution is 14.1. The molecule has 0 aliphatic heterocycles. The Morgan fingerprint density at radius 2 is 1.57 bits per heavy atom. The number of ether oxygens (including phenoxy) is 1. The van der Waals surface area contributed by atoms with Crippen LogP contribution >= 0.6 is 22.6 Å². The lowest BCUT2D eigenvalue weighted by molar-refractivity contribution is -0.393. The Kier molecular flexibility index (Phi) is 5.29. The molecule has 2 saturated carbocycles. The molecule has 23 heavy (non-hydrogen) atoms. The molecule has 0 spiro atoms. The normalized spacial score (nSPS) is 35.3. The van der Waals surface area contributed by atoms with Crippen molar-refractivity contribution in [3.63, 3.8) is 0 Å². The molecule has 2 fully saturated rings. The van der Waals surface area contributed by atoms with Crippen molar-refractivity contribution >= 4 is 22.6 Å². The second-order valence-electron chi connectivity index (χ2n) is 7.15. The van der Waals surface area contributed by atoms with Crippen LogP contribution in [0.5, 0.6) is 0 Å².